The Hall–Kier alpha value is -3.37. The minimum atomic E-state index is -1.04. The Kier molecular flexibility index (Phi) is 6.01. The van der Waals surface area contributed by atoms with Crippen LogP contribution in [0.2, 0.25) is 0 Å². The summed E-state index contributed by atoms with van der Waals surface area (Å²) in [6.07, 6.45) is 3.44. The molecule has 2 aliphatic rings. The first kappa shape index (κ1) is 22.4. The van der Waals surface area contributed by atoms with E-state index in [0.29, 0.717) is 49.6 Å². The van der Waals surface area contributed by atoms with Crippen LogP contribution in [-0.2, 0) is 14.3 Å². The number of methoxy groups -OCH3 is 1. The predicted molar refractivity (Wildman–Crippen MR) is 127 cm³/mol. The largest absolute Gasteiger partial charge is 0.472 e. The van der Waals surface area contributed by atoms with Gasteiger partial charge in [0, 0.05) is 25.6 Å². The third-order valence-corrected chi connectivity index (χ3v) is 7.14. The highest BCUT2D eigenvalue weighted by Crippen LogP contribution is 2.35. The molecular weight excluding hydrogens is 454 g/mol. The number of aromatic nitrogens is 3. The van der Waals surface area contributed by atoms with Gasteiger partial charge in [0.15, 0.2) is 5.82 Å². The molecule has 5 rings (SSSR count). The minimum Gasteiger partial charge on any atom is -0.472 e. The Balaban J connectivity index is 1.30. The minimum absolute atomic E-state index is 0.246. The van der Waals surface area contributed by atoms with Crippen molar-refractivity contribution in [3.05, 3.63) is 48.0 Å². The second kappa shape index (κ2) is 9.11. The van der Waals surface area contributed by atoms with Gasteiger partial charge in [-0.1, -0.05) is 18.2 Å². The highest BCUT2D eigenvalue weighted by Gasteiger charge is 2.46. The van der Waals surface area contributed by atoms with E-state index in [9.17, 15) is 9.59 Å². The molecule has 1 aliphatic carbocycles. The lowest BCUT2D eigenvalue weighted by Crippen LogP contribution is -2.57. The summed E-state index contributed by atoms with van der Waals surface area (Å²) < 4.78 is 12.1. The zero-order chi connectivity index (χ0) is 23.7. The van der Waals surface area contributed by atoms with Crippen molar-refractivity contribution in [3.63, 3.8) is 0 Å². The maximum absolute atomic E-state index is 13.0. The number of esters is 1. The van der Waals surface area contributed by atoms with Crippen molar-refractivity contribution in [2.45, 2.75) is 43.4 Å². The lowest BCUT2D eigenvalue weighted by Gasteiger charge is -2.28. The first-order valence-electron chi connectivity index (χ1n) is 11.1. The van der Waals surface area contributed by atoms with Crippen LogP contribution < -0.4 is 15.4 Å². The van der Waals surface area contributed by atoms with Crippen LogP contribution >= 0.6 is 11.3 Å². The lowest BCUT2D eigenvalue weighted by molar-refractivity contribution is -0.150. The molecule has 2 N–H and O–H groups in total. The van der Waals surface area contributed by atoms with Crippen molar-refractivity contribution in [3.8, 4) is 17.4 Å². The van der Waals surface area contributed by atoms with E-state index >= 15 is 0 Å². The smallest absolute Gasteiger partial charge is 0.331 e. The Labute approximate surface area is 200 Å². The average molecular weight is 480 g/mol. The molecule has 0 radical (unpaired) electrons. The Morgan fingerprint density at radius 2 is 2.18 bits per heavy atom. The van der Waals surface area contributed by atoms with Crippen LogP contribution in [-0.4, -0.2) is 58.2 Å². The molecule has 10 heteroatoms. The van der Waals surface area contributed by atoms with E-state index in [0.717, 1.165) is 15.8 Å². The first-order valence-corrected chi connectivity index (χ1v) is 12.0. The summed E-state index contributed by atoms with van der Waals surface area (Å²) in [6.45, 7) is 4.45. The van der Waals surface area contributed by atoms with E-state index in [-0.39, 0.29) is 12.0 Å². The summed E-state index contributed by atoms with van der Waals surface area (Å²) in [5, 5.41) is 8.09. The van der Waals surface area contributed by atoms with Gasteiger partial charge in [0.1, 0.15) is 22.0 Å². The van der Waals surface area contributed by atoms with Crippen molar-refractivity contribution < 1.29 is 19.1 Å². The third kappa shape index (κ3) is 4.26. The number of nitrogens with one attached hydrogen (secondary N) is 2. The molecular formula is C24H25N5O4S. The number of nitrogens with zero attached hydrogens (tertiary/aromatic N) is 3. The third-order valence-electron chi connectivity index (χ3n) is 6.25. The molecule has 3 aromatic heterocycles. The lowest BCUT2D eigenvalue weighted by atomic mass is 9.96. The SMILES string of the molecule is C=C1CC[C@](NC(=O)[C@@H]2CC(Oc3nc(-c4ccccn4)nc4ccsc34)CN2)(C(=O)OC)C1. The van der Waals surface area contributed by atoms with Gasteiger partial charge in [0.05, 0.1) is 18.7 Å². The molecule has 9 nitrogen and oxygen atoms in total. The van der Waals surface area contributed by atoms with Crippen LogP contribution in [0.4, 0.5) is 0 Å². The molecule has 0 spiro atoms. The van der Waals surface area contributed by atoms with E-state index in [1.807, 2.05) is 29.6 Å². The van der Waals surface area contributed by atoms with Gasteiger partial charge in [0.2, 0.25) is 11.8 Å². The fraction of sp³-hybridized carbons (Fsp3) is 0.375. The maximum Gasteiger partial charge on any atom is 0.331 e. The van der Waals surface area contributed by atoms with Crippen LogP contribution in [0, 0.1) is 0 Å². The number of ether oxygens (including phenoxy) is 2. The number of carbonyl (C=O) groups is 2. The summed E-state index contributed by atoms with van der Waals surface area (Å²) in [5.41, 5.74) is 1.33. The molecule has 176 valence electrons. The molecule has 1 aliphatic heterocycles. The number of fused-ring (bicyclic) bond motifs is 1. The van der Waals surface area contributed by atoms with Crippen molar-refractivity contribution in [2.24, 2.45) is 0 Å². The summed E-state index contributed by atoms with van der Waals surface area (Å²) in [5.74, 6) is 0.285. The molecule has 3 aromatic rings. The number of amides is 1. The topological polar surface area (TPSA) is 115 Å². The van der Waals surface area contributed by atoms with E-state index < -0.39 is 17.6 Å². The molecule has 4 heterocycles. The zero-order valence-corrected chi connectivity index (χ0v) is 19.6. The number of hydrogen-bond acceptors (Lipinski definition) is 9. The van der Waals surface area contributed by atoms with E-state index in [1.165, 1.54) is 18.4 Å². The first-order chi connectivity index (χ1) is 16.5. The van der Waals surface area contributed by atoms with Crippen molar-refractivity contribution in [2.75, 3.05) is 13.7 Å². The Bertz CT molecular complexity index is 1250. The monoisotopic (exact) mass is 479 g/mol. The van der Waals surface area contributed by atoms with Gasteiger partial charge < -0.3 is 20.1 Å². The van der Waals surface area contributed by atoms with Gasteiger partial charge in [-0.25, -0.2) is 9.78 Å². The van der Waals surface area contributed by atoms with Crippen LogP contribution in [0.25, 0.3) is 21.7 Å². The van der Waals surface area contributed by atoms with E-state index in [1.54, 1.807) is 6.20 Å². The second-order valence-electron chi connectivity index (χ2n) is 8.63. The molecule has 1 unspecified atom stereocenters. The number of hydrogen-bond donors (Lipinski definition) is 2. The van der Waals surface area contributed by atoms with Crippen LogP contribution in [0.3, 0.4) is 0 Å². The zero-order valence-electron chi connectivity index (χ0n) is 18.7. The summed E-state index contributed by atoms with van der Waals surface area (Å²) >= 11 is 1.51. The molecule has 1 saturated carbocycles. The van der Waals surface area contributed by atoms with Crippen LogP contribution in [0.15, 0.2) is 48.0 Å². The van der Waals surface area contributed by atoms with Gasteiger partial charge in [0.25, 0.3) is 0 Å². The van der Waals surface area contributed by atoms with Gasteiger partial charge >= 0.3 is 5.97 Å². The molecule has 0 aromatic carbocycles. The second-order valence-corrected chi connectivity index (χ2v) is 9.54. The normalized spacial score (nSPS) is 24.3. The summed E-state index contributed by atoms with van der Waals surface area (Å²) in [4.78, 5) is 39.1. The summed E-state index contributed by atoms with van der Waals surface area (Å²) in [7, 11) is 1.33. The predicted octanol–water partition coefficient (Wildman–Crippen LogP) is 2.63. The fourth-order valence-corrected chi connectivity index (χ4v) is 5.28. The van der Waals surface area contributed by atoms with E-state index in [2.05, 4.69) is 32.2 Å². The highest BCUT2D eigenvalue weighted by atomic mass is 32.1. The number of pyridine rings is 1. The van der Waals surface area contributed by atoms with Gasteiger partial charge in [-0.05, 0) is 36.4 Å². The van der Waals surface area contributed by atoms with E-state index in [4.69, 9.17) is 9.47 Å². The van der Waals surface area contributed by atoms with Crippen LogP contribution in [0.5, 0.6) is 5.88 Å². The summed E-state index contributed by atoms with van der Waals surface area (Å²) in [6, 6.07) is 7.01. The fourth-order valence-electron chi connectivity index (χ4n) is 4.52. The number of thiophene rings is 1. The molecule has 3 atom stereocenters. The van der Waals surface area contributed by atoms with Crippen molar-refractivity contribution in [1.82, 2.24) is 25.6 Å². The number of carbonyl (C=O) groups excluding carboxylic acids is 2. The van der Waals surface area contributed by atoms with Gasteiger partial charge in [-0.15, -0.1) is 11.3 Å². The molecule has 34 heavy (non-hydrogen) atoms. The molecule has 1 saturated heterocycles. The van der Waals surface area contributed by atoms with Crippen LogP contribution in [0.1, 0.15) is 25.7 Å². The van der Waals surface area contributed by atoms with Gasteiger partial charge in [-0.3, -0.25) is 9.78 Å². The highest BCUT2D eigenvalue weighted by molar-refractivity contribution is 7.17. The quantitative estimate of drug-likeness (QED) is 0.410. The standard InChI is InChI=1S/C24H25N5O4S/c1-14-6-8-24(12-14,23(31)32-2)29-21(30)18-11-15(13-26-18)33-22-19-16(7-10-34-19)27-20(28-22)17-5-3-4-9-25-17/h3-5,7,9-10,15,18,26H,1,6,8,11-13H2,2H3,(H,29,30)/t15?,18-,24+/m0/s1. The Morgan fingerprint density at radius 1 is 1.29 bits per heavy atom. The molecule has 2 fully saturated rings. The van der Waals surface area contributed by atoms with Crippen molar-refractivity contribution in [1.29, 1.82) is 0 Å². The number of rotatable bonds is 6. The maximum atomic E-state index is 13.0. The Morgan fingerprint density at radius 3 is 2.91 bits per heavy atom. The van der Waals surface area contributed by atoms with Gasteiger partial charge in [-0.2, -0.15) is 4.98 Å². The molecule has 1 amide bonds. The molecule has 0 bridgehead atoms. The van der Waals surface area contributed by atoms with Crippen molar-refractivity contribution >= 4 is 33.4 Å². The average Bonchev–Trinajstić information content (AvgIpc) is 3.59.